The SMILES string of the molecule is c1ccc(C2=NC(c3cccc4oc5c(-c6ccc7oc8cc9ccccc9cc8c7c6)cccc5c34)NC(c3ccccc3)=N2)cc1. The number of hydrogen-bond donors (Lipinski definition) is 1. The zero-order valence-electron chi connectivity index (χ0n) is 25.7. The number of hydrogen-bond acceptors (Lipinski definition) is 5. The van der Waals surface area contributed by atoms with Crippen molar-refractivity contribution in [2.24, 2.45) is 9.98 Å². The van der Waals surface area contributed by atoms with Crippen molar-refractivity contribution in [3.05, 3.63) is 168 Å². The lowest BCUT2D eigenvalue weighted by Crippen LogP contribution is -2.33. The lowest BCUT2D eigenvalue weighted by atomic mass is 9.98. The Labute approximate surface area is 275 Å². The first kappa shape index (κ1) is 26.7. The summed E-state index contributed by atoms with van der Waals surface area (Å²) in [6.45, 7) is 0. The number of nitrogens with one attached hydrogen (secondary N) is 1. The van der Waals surface area contributed by atoms with Crippen molar-refractivity contribution in [2.75, 3.05) is 0 Å². The first-order chi connectivity index (χ1) is 23.8. The second kappa shape index (κ2) is 10.5. The van der Waals surface area contributed by atoms with Gasteiger partial charge in [-0.3, -0.25) is 0 Å². The van der Waals surface area contributed by atoms with E-state index < -0.39 is 0 Å². The molecule has 9 aromatic rings. The van der Waals surface area contributed by atoms with Gasteiger partial charge in [0.1, 0.15) is 34.3 Å². The maximum atomic E-state index is 6.70. The molecule has 1 atom stereocenters. The van der Waals surface area contributed by atoms with Crippen LogP contribution in [0, 0.1) is 0 Å². The third-order valence-corrected chi connectivity index (χ3v) is 9.32. The van der Waals surface area contributed by atoms with Gasteiger partial charge in [-0.25, -0.2) is 9.98 Å². The second-order valence-electron chi connectivity index (χ2n) is 12.2. The minimum absolute atomic E-state index is 0.371. The van der Waals surface area contributed by atoms with Crippen LogP contribution in [0.3, 0.4) is 0 Å². The molecule has 1 N–H and O–H groups in total. The quantitative estimate of drug-likeness (QED) is 0.214. The van der Waals surface area contributed by atoms with Gasteiger partial charge in [-0.2, -0.15) is 0 Å². The third kappa shape index (κ3) is 4.25. The fraction of sp³-hybridized carbons (Fsp3) is 0.0233. The van der Waals surface area contributed by atoms with Crippen LogP contribution in [0.4, 0.5) is 0 Å². The Kier molecular flexibility index (Phi) is 5.87. The summed E-state index contributed by atoms with van der Waals surface area (Å²) in [5, 5.41) is 10.3. The summed E-state index contributed by atoms with van der Waals surface area (Å²) in [6, 6.07) is 52.1. The highest BCUT2D eigenvalue weighted by atomic mass is 16.3. The van der Waals surface area contributed by atoms with E-state index >= 15 is 0 Å². The minimum atomic E-state index is -0.371. The predicted octanol–water partition coefficient (Wildman–Crippen LogP) is 10.8. The summed E-state index contributed by atoms with van der Waals surface area (Å²) in [7, 11) is 0. The number of aliphatic imine (C=N–C) groups is 2. The maximum absolute atomic E-state index is 6.70. The molecule has 7 aromatic carbocycles. The number of benzene rings is 7. The van der Waals surface area contributed by atoms with E-state index in [-0.39, 0.29) is 6.17 Å². The molecule has 0 spiro atoms. The van der Waals surface area contributed by atoms with Crippen LogP contribution in [0.2, 0.25) is 0 Å². The first-order valence-corrected chi connectivity index (χ1v) is 16.1. The van der Waals surface area contributed by atoms with Gasteiger partial charge in [0.2, 0.25) is 0 Å². The van der Waals surface area contributed by atoms with Gasteiger partial charge in [0.25, 0.3) is 0 Å². The number of amidine groups is 2. The number of nitrogens with zero attached hydrogens (tertiary/aromatic N) is 2. The summed E-state index contributed by atoms with van der Waals surface area (Å²) in [4.78, 5) is 10.1. The average Bonchev–Trinajstić information content (AvgIpc) is 3.72. The van der Waals surface area contributed by atoms with Crippen molar-refractivity contribution in [1.82, 2.24) is 5.32 Å². The monoisotopic (exact) mass is 617 g/mol. The highest BCUT2D eigenvalue weighted by Crippen LogP contribution is 2.41. The Morgan fingerprint density at radius 3 is 2.06 bits per heavy atom. The van der Waals surface area contributed by atoms with E-state index in [1.54, 1.807) is 0 Å². The fourth-order valence-electron chi connectivity index (χ4n) is 7.03. The highest BCUT2D eigenvalue weighted by molar-refractivity contribution is 6.16. The minimum Gasteiger partial charge on any atom is -0.456 e. The van der Waals surface area contributed by atoms with Crippen LogP contribution in [0.15, 0.2) is 170 Å². The van der Waals surface area contributed by atoms with E-state index in [1.807, 2.05) is 48.5 Å². The highest BCUT2D eigenvalue weighted by Gasteiger charge is 2.25. The van der Waals surface area contributed by atoms with E-state index in [4.69, 9.17) is 18.8 Å². The number of furan rings is 2. The van der Waals surface area contributed by atoms with Crippen LogP contribution in [-0.4, -0.2) is 11.7 Å². The van der Waals surface area contributed by atoms with Gasteiger partial charge in [0.05, 0.1) is 0 Å². The van der Waals surface area contributed by atoms with Crippen molar-refractivity contribution in [3.63, 3.8) is 0 Å². The lowest BCUT2D eigenvalue weighted by Gasteiger charge is -2.24. The van der Waals surface area contributed by atoms with E-state index in [9.17, 15) is 0 Å². The summed E-state index contributed by atoms with van der Waals surface area (Å²) in [6.07, 6.45) is -0.371. The molecule has 226 valence electrons. The largest absolute Gasteiger partial charge is 0.456 e. The molecule has 10 rings (SSSR count). The van der Waals surface area contributed by atoms with Crippen LogP contribution < -0.4 is 5.32 Å². The second-order valence-corrected chi connectivity index (χ2v) is 12.2. The molecule has 1 aliphatic rings. The van der Waals surface area contributed by atoms with Crippen LogP contribution in [0.25, 0.3) is 65.8 Å². The normalized spacial score (nSPS) is 14.9. The van der Waals surface area contributed by atoms with Crippen molar-refractivity contribution < 1.29 is 8.83 Å². The van der Waals surface area contributed by atoms with Gasteiger partial charge in [0.15, 0.2) is 5.84 Å². The number of rotatable bonds is 4. The third-order valence-electron chi connectivity index (χ3n) is 9.32. The van der Waals surface area contributed by atoms with Gasteiger partial charge < -0.3 is 14.2 Å². The van der Waals surface area contributed by atoms with E-state index in [0.29, 0.717) is 5.84 Å². The smallest absolute Gasteiger partial charge is 0.159 e. The maximum Gasteiger partial charge on any atom is 0.159 e. The molecular weight excluding hydrogens is 590 g/mol. The molecule has 0 saturated heterocycles. The molecule has 1 aliphatic heterocycles. The summed E-state index contributed by atoms with van der Waals surface area (Å²) in [5.74, 6) is 1.48. The topological polar surface area (TPSA) is 63.0 Å². The average molecular weight is 618 g/mol. The summed E-state index contributed by atoms with van der Waals surface area (Å²) in [5.41, 5.74) is 8.54. The zero-order valence-corrected chi connectivity index (χ0v) is 25.7. The van der Waals surface area contributed by atoms with Gasteiger partial charge >= 0.3 is 0 Å². The zero-order chi connectivity index (χ0) is 31.6. The Hall–Kier alpha value is -6.46. The van der Waals surface area contributed by atoms with Crippen LogP contribution in [0.5, 0.6) is 0 Å². The van der Waals surface area contributed by atoms with Gasteiger partial charge in [-0.15, -0.1) is 0 Å². The fourth-order valence-corrected chi connectivity index (χ4v) is 7.03. The Balaban J connectivity index is 1.13. The predicted molar refractivity (Wildman–Crippen MR) is 196 cm³/mol. The lowest BCUT2D eigenvalue weighted by molar-refractivity contribution is 0.663. The van der Waals surface area contributed by atoms with Gasteiger partial charge in [-0.1, -0.05) is 121 Å². The van der Waals surface area contributed by atoms with E-state index in [0.717, 1.165) is 77.5 Å². The van der Waals surface area contributed by atoms with Crippen molar-refractivity contribution >= 4 is 66.3 Å². The van der Waals surface area contributed by atoms with Crippen LogP contribution >= 0.6 is 0 Å². The Morgan fingerprint density at radius 1 is 0.500 bits per heavy atom. The molecule has 0 saturated carbocycles. The molecule has 5 nitrogen and oxygen atoms in total. The molecule has 0 bridgehead atoms. The standard InChI is InChI=1S/C43H27N3O2/c1-3-11-26(12-4-1)41-44-42(27-13-5-2-6-14-27)46-43(45-41)33-19-10-20-37-39(33)32-18-9-17-31(40(32)48-37)30-21-22-36-34(24-30)35-23-28-15-7-8-16-29(28)25-38(35)47-36/h1-25,43H,(H,44,45,46). The van der Waals surface area contributed by atoms with Gasteiger partial charge in [0, 0.05) is 43.8 Å². The molecule has 0 radical (unpaired) electrons. The van der Waals surface area contributed by atoms with Gasteiger partial charge in [-0.05, 0) is 46.7 Å². The van der Waals surface area contributed by atoms with Crippen molar-refractivity contribution in [2.45, 2.75) is 6.17 Å². The Bertz CT molecular complexity index is 2760. The Morgan fingerprint density at radius 2 is 1.23 bits per heavy atom. The number of fused-ring (bicyclic) bond motifs is 7. The molecule has 2 aromatic heterocycles. The first-order valence-electron chi connectivity index (χ1n) is 16.1. The molecule has 5 heteroatoms. The number of para-hydroxylation sites is 1. The summed E-state index contributed by atoms with van der Waals surface area (Å²) < 4.78 is 13.0. The molecular formula is C43H27N3O2. The summed E-state index contributed by atoms with van der Waals surface area (Å²) >= 11 is 0. The molecule has 1 unspecified atom stereocenters. The molecule has 48 heavy (non-hydrogen) atoms. The molecule has 0 aliphatic carbocycles. The molecule has 0 fully saturated rings. The van der Waals surface area contributed by atoms with Crippen LogP contribution in [0.1, 0.15) is 22.9 Å². The van der Waals surface area contributed by atoms with Crippen LogP contribution in [-0.2, 0) is 0 Å². The van der Waals surface area contributed by atoms with Crippen molar-refractivity contribution in [3.8, 4) is 11.1 Å². The van der Waals surface area contributed by atoms with E-state index in [2.05, 4.69) is 108 Å². The van der Waals surface area contributed by atoms with Crippen molar-refractivity contribution in [1.29, 1.82) is 0 Å². The molecule has 0 amide bonds. The van der Waals surface area contributed by atoms with E-state index in [1.165, 1.54) is 10.8 Å². The molecule has 3 heterocycles.